The van der Waals surface area contributed by atoms with E-state index in [2.05, 4.69) is 10.4 Å². The Balaban J connectivity index is 1.96. The average molecular weight is 316 g/mol. The summed E-state index contributed by atoms with van der Waals surface area (Å²) in [4.78, 5) is 13.6. The Hall–Kier alpha value is -2.34. The molecule has 1 aromatic carbocycles. The smallest absolute Gasteiger partial charge is 0.317 e. The number of likely N-dealkylation sites (N-methyl/N-ethyl adjacent to an activating group) is 1. The summed E-state index contributed by atoms with van der Waals surface area (Å²) in [6, 6.07) is 9.63. The lowest BCUT2D eigenvalue weighted by molar-refractivity contribution is 0.0531. The first kappa shape index (κ1) is 17.0. The number of nitrogens with one attached hydrogen (secondary N) is 1. The molecule has 2 rings (SSSR count). The summed E-state index contributed by atoms with van der Waals surface area (Å²) in [5.74, 6) is 0. The second kappa shape index (κ2) is 7.28. The number of nitrogens with zero attached hydrogens (tertiary/aromatic N) is 3. The van der Waals surface area contributed by atoms with Crippen LogP contribution in [0.15, 0.2) is 42.7 Å². The lowest BCUT2D eigenvalue weighted by Gasteiger charge is -2.25. The average Bonchev–Trinajstić information content (AvgIpc) is 2.97. The van der Waals surface area contributed by atoms with E-state index in [9.17, 15) is 9.90 Å². The van der Waals surface area contributed by atoms with Gasteiger partial charge in [0.1, 0.15) is 0 Å². The maximum Gasteiger partial charge on any atom is 0.317 e. The summed E-state index contributed by atoms with van der Waals surface area (Å²) in [6.45, 7) is 4.73. The molecule has 0 aliphatic carbocycles. The van der Waals surface area contributed by atoms with E-state index in [1.165, 1.54) is 4.90 Å². The summed E-state index contributed by atoms with van der Waals surface area (Å²) in [7, 11) is 1.67. The maximum atomic E-state index is 12.1. The number of amides is 2. The van der Waals surface area contributed by atoms with E-state index in [0.717, 1.165) is 11.1 Å². The topological polar surface area (TPSA) is 70.4 Å². The van der Waals surface area contributed by atoms with Gasteiger partial charge >= 0.3 is 6.03 Å². The fourth-order valence-corrected chi connectivity index (χ4v) is 2.41. The van der Waals surface area contributed by atoms with E-state index in [1.807, 2.05) is 41.2 Å². The minimum atomic E-state index is -0.913. The standard InChI is InChI=1S/C17H24N4O2/c1-17(2,23)13-20(3)16(22)18-11-14-7-4-5-8-15(14)12-21-10-6-9-19-21/h4-10,23H,11-13H2,1-3H3,(H,18,22). The van der Waals surface area contributed by atoms with Crippen molar-refractivity contribution in [3.63, 3.8) is 0 Å². The Morgan fingerprint density at radius 1 is 1.30 bits per heavy atom. The van der Waals surface area contributed by atoms with E-state index in [0.29, 0.717) is 13.1 Å². The molecule has 0 spiro atoms. The quantitative estimate of drug-likeness (QED) is 0.854. The first-order chi connectivity index (χ1) is 10.8. The van der Waals surface area contributed by atoms with Crippen molar-refractivity contribution in [1.29, 1.82) is 0 Å². The highest BCUT2D eigenvalue weighted by molar-refractivity contribution is 5.73. The normalized spacial score (nSPS) is 11.3. The molecule has 6 nitrogen and oxygen atoms in total. The van der Waals surface area contributed by atoms with Crippen LogP contribution in [-0.4, -0.2) is 45.0 Å². The van der Waals surface area contributed by atoms with Crippen LogP contribution in [0, 0.1) is 0 Å². The SMILES string of the molecule is CN(CC(C)(C)O)C(=O)NCc1ccccc1Cn1cccn1. The number of hydrogen-bond acceptors (Lipinski definition) is 3. The van der Waals surface area contributed by atoms with Crippen LogP contribution >= 0.6 is 0 Å². The molecule has 0 aliphatic heterocycles. The molecular formula is C17H24N4O2. The van der Waals surface area contributed by atoms with Crippen LogP contribution in [-0.2, 0) is 13.1 Å². The summed E-state index contributed by atoms with van der Waals surface area (Å²) in [5, 5.41) is 16.9. The zero-order valence-corrected chi connectivity index (χ0v) is 13.9. The number of hydrogen-bond donors (Lipinski definition) is 2. The summed E-state index contributed by atoms with van der Waals surface area (Å²) in [6.07, 6.45) is 3.66. The predicted octanol–water partition coefficient (Wildman–Crippen LogP) is 1.84. The van der Waals surface area contributed by atoms with Crippen molar-refractivity contribution in [2.24, 2.45) is 0 Å². The van der Waals surface area contributed by atoms with Gasteiger partial charge in [-0.2, -0.15) is 5.10 Å². The van der Waals surface area contributed by atoms with E-state index in [4.69, 9.17) is 0 Å². The van der Waals surface area contributed by atoms with Gasteiger partial charge in [-0.05, 0) is 31.0 Å². The van der Waals surface area contributed by atoms with Gasteiger partial charge < -0.3 is 15.3 Å². The predicted molar refractivity (Wildman–Crippen MR) is 88.9 cm³/mol. The highest BCUT2D eigenvalue weighted by Gasteiger charge is 2.19. The van der Waals surface area contributed by atoms with Gasteiger partial charge in [0.15, 0.2) is 0 Å². The number of rotatable bonds is 6. The van der Waals surface area contributed by atoms with Crippen LogP contribution in [0.3, 0.4) is 0 Å². The lowest BCUT2D eigenvalue weighted by atomic mass is 10.1. The second-order valence-corrected chi connectivity index (χ2v) is 6.30. The molecule has 23 heavy (non-hydrogen) atoms. The largest absolute Gasteiger partial charge is 0.389 e. The molecular weight excluding hydrogens is 292 g/mol. The van der Waals surface area contributed by atoms with Gasteiger partial charge in [-0.25, -0.2) is 4.79 Å². The van der Waals surface area contributed by atoms with Crippen LogP contribution in [0.2, 0.25) is 0 Å². The van der Waals surface area contributed by atoms with Crippen LogP contribution in [0.25, 0.3) is 0 Å². The van der Waals surface area contributed by atoms with Crippen molar-refractivity contribution >= 4 is 6.03 Å². The van der Waals surface area contributed by atoms with Gasteiger partial charge in [-0.15, -0.1) is 0 Å². The molecule has 0 saturated carbocycles. The van der Waals surface area contributed by atoms with Crippen molar-refractivity contribution < 1.29 is 9.90 Å². The summed E-state index contributed by atoms with van der Waals surface area (Å²) in [5.41, 5.74) is 1.25. The summed E-state index contributed by atoms with van der Waals surface area (Å²) < 4.78 is 1.85. The first-order valence-electron chi connectivity index (χ1n) is 7.61. The molecule has 1 heterocycles. The molecule has 0 radical (unpaired) electrons. The third-order valence-electron chi connectivity index (χ3n) is 3.41. The molecule has 2 amide bonds. The monoisotopic (exact) mass is 316 g/mol. The van der Waals surface area contributed by atoms with Gasteiger partial charge in [0.25, 0.3) is 0 Å². The fourth-order valence-electron chi connectivity index (χ4n) is 2.41. The fraction of sp³-hybridized carbons (Fsp3) is 0.412. The maximum absolute atomic E-state index is 12.1. The van der Waals surface area contributed by atoms with Crippen molar-refractivity contribution in [2.75, 3.05) is 13.6 Å². The molecule has 2 N–H and O–H groups in total. The molecule has 2 aromatic rings. The number of urea groups is 1. The van der Waals surface area contributed by atoms with Gasteiger partial charge in [0.05, 0.1) is 18.7 Å². The molecule has 0 bridgehead atoms. The van der Waals surface area contributed by atoms with E-state index in [-0.39, 0.29) is 12.6 Å². The zero-order valence-electron chi connectivity index (χ0n) is 13.9. The molecule has 1 aromatic heterocycles. The van der Waals surface area contributed by atoms with Crippen LogP contribution in [0.1, 0.15) is 25.0 Å². The first-order valence-corrected chi connectivity index (χ1v) is 7.61. The molecule has 124 valence electrons. The van der Waals surface area contributed by atoms with Crippen molar-refractivity contribution in [3.05, 3.63) is 53.9 Å². The Bertz CT molecular complexity index is 632. The van der Waals surface area contributed by atoms with Crippen molar-refractivity contribution in [2.45, 2.75) is 32.5 Å². The highest BCUT2D eigenvalue weighted by Crippen LogP contribution is 2.11. The number of carbonyl (C=O) groups excluding carboxylic acids is 1. The number of benzene rings is 1. The third-order valence-corrected chi connectivity index (χ3v) is 3.41. The number of carbonyl (C=O) groups is 1. The Kier molecular flexibility index (Phi) is 5.39. The van der Waals surface area contributed by atoms with Crippen molar-refractivity contribution in [3.8, 4) is 0 Å². The highest BCUT2D eigenvalue weighted by atomic mass is 16.3. The molecule has 6 heteroatoms. The van der Waals surface area contributed by atoms with Crippen LogP contribution < -0.4 is 5.32 Å². The Morgan fingerprint density at radius 3 is 2.61 bits per heavy atom. The van der Waals surface area contributed by atoms with Gasteiger partial charge in [0.2, 0.25) is 0 Å². The molecule has 0 aliphatic rings. The number of aliphatic hydroxyl groups is 1. The minimum Gasteiger partial charge on any atom is -0.389 e. The molecule has 0 fully saturated rings. The number of aromatic nitrogens is 2. The van der Waals surface area contributed by atoms with Crippen LogP contribution in [0.4, 0.5) is 4.79 Å². The van der Waals surface area contributed by atoms with Crippen molar-refractivity contribution in [1.82, 2.24) is 20.0 Å². The van der Waals surface area contributed by atoms with Gasteiger partial charge in [-0.3, -0.25) is 4.68 Å². The molecule has 0 atom stereocenters. The van der Waals surface area contributed by atoms with E-state index >= 15 is 0 Å². The zero-order chi connectivity index (χ0) is 16.9. The van der Waals surface area contributed by atoms with E-state index < -0.39 is 5.60 Å². The minimum absolute atomic E-state index is 0.207. The third kappa shape index (κ3) is 5.41. The molecule has 0 unspecified atom stereocenters. The van der Waals surface area contributed by atoms with Gasteiger partial charge in [-0.1, -0.05) is 24.3 Å². The summed E-state index contributed by atoms with van der Waals surface area (Å²) >= 11 is 0. The van der Waals surface area contributed by atoms with Gasteiger partial charge in [0, 0.05) is 26.0 Å². The Labute approximate surface area is 136 Å². The van der Waals surface area contributed by atoms with E-state index in [1.54, 1.807) is 27.1 Å². The Morgan fingerprint density at radius 2 is 2.00 bits per heavy atom. The molecule has 0 saturated heterocycles. The lowest BCUT2D eigenvalue weighted by Crippen LogP contribution is -2.44. The van der Waals surface area contributed by atoms with Crippen LogP contribution in [0.5, 0.6) is 0 Å². The second-order valence-electron chi connectivity index (χ2n) is 6.30.